The fourth-order valence-electron chi connectivity index (χ4n) is 3.53. The monoisotopic (exact) mass is 301 g/mol. The summed E-state index contributed by atoms with van der Waals surface area (Å²) in [4.78, 5) is 12.5. The zero-order valence-electron chi connectivity index (χ0n) is 13.9. The lowest BCUT2D eigenvalue weighted by molar-refractivity contribution is -0.121. The SMILES string of the molecule is CCC(C)C1CCc2cc3c(cc2NC1=O)CCC(C)CO3. The Morgan fingerprint density at radius 3 is 2.82 bits per heavy atom. The number of hydrogen-bond donors (Lipinski definition) is 1. The maximum Gasteiger partial charge on any atom is 0.227 e. The molecule has 3 heteroatoms. The third-order valence-corrected chi connectivity index (χ3v) is 5.37. The zero-order chi connectivity index (χ0) is 15.7. The first-order valence-corrected chi connectivity index (χ1v) is 8.68. The van der Waals surface area contributed by atoms with Crippen LogP contribution in [0.3, 0.4) is 0 Å². The van der Waals surface area contributed by atoms with E-state index in [4.69, 9.17) is 4.74 Å². The van der Waals surface area contributed by atoms with Crippen molar-refractivity contribution in [2.45, 2.75) is 52.9 Å². The molecule has 1 N–H and O–H groups in total. The molecular formula is C19H27NO2. The zero-order valence-corrected chi connectivity index (χ0v) is 13.9. The summed E-state index contributed by atoms with van der Waals surface area (Å²) in [5, 5.41) is 3.17. The minimum atomic E-state index is 0.123. The molecule has 1 amide bonds. The van der Waals surface area contributed by atoms with Gasteiger partial charge < -0.3 is 10.1 Å². The summed E-state index contributed by atoms with van der Waals surface area (Å²) < 4.78 is 5.98. The van der Waals surface area contributed by atoms with Crippen LogP contribution in [0.25, 0.3) is 0 Å². The average Bonchev–Trinajstić information content (AvgIpc) is 2.78. The minimum absolute atomic E-state index is 0.123. The largest absolute Gasteiger partial charge is 0.493 e. The molecule has 3 unspecified atom stereocenters. The van der Waals surface area contributed by atoms with Gasteiger partial charge in [0.25, 0.3) is 0 Å². The molecule has 0 aliphatic carbocycles. The number of hydrogen-bond acceptors (Lipinski definition) is 2. The highest BCUT2D eigenvalue weighted by Crippen LogP contribution is 2.36. The molecule has 2 aliphatic heterocycles. The lowest BCUT2D eigenvalue weighted by atomic mass is 9.87. The predicted octanol–water partition coefficient (Wildman–Crippen LogP) is 4.19. The van der Waals surface area contributed by atoms with Crippen LogP contribution in [0.5, 0.6) is 5.75 Å². The first-order valence-electron chi connectivity index (χ1n) is 8.68. The van der Waals surface area contributed by atoms with Gasteiger partial charge in [-0.1, -0.05) is 27.2 Å². The highest BCUT2D eigenvalue weighted by molar-refractivity contribution is 5.94. The van der Waals surface area contributed by atoms with Crippen LogP contribution in [0.4, 0.5) is 5.69 Å². The summed E-state index contributed by atoms with van der Waals surface area (Å²) in [7, 11) is 0. The molecule has 0 aromatic heterocycles. The topological polar surface area (TPSA) is 38.3 Å². The highest BCUT2D eigenvalue weighted by Gasteiger charge is 2.28. The van der Waals surface area contributed by atoms with E-state index in [0.29, 0.717) is 11.8 Å². The number of fused-ring (bicyclic) bond motifs is 2. The molecule has 3 atom stereocenters. The average molecular weight is 301 g/mol. The molecular weight excluding hydrogens is 274 g/mol. The van der Waals surface area contributed by atoms with E-state index in [1.54, 1.807) is 0 Å². The van der Waals surface area contributed by atoms with E-state index in [1.807, 2.05) is 0 Å². The summed E-state index contributed by atoms with van der Waals surface area (Å²) in [6.45, 7) is 7.37. The summed E-state index contributed by atoms with van der Waals surface area (Å²) in [6.07, 6.45) is 5.12. The van der Waals surface area contributed by atoms with Crippen molar-refractivity contribution in [1.29, 1.82) is 0 Å². The van der Waals surface area contributed by atoms with E-state index >= 15 is 0 Å². The van der Waals surface area contributed by atoms with Gasteiger partial charge in [0.05, 0.1) is 6.61 Å². The van der Waals surface area contributed by atoms with Crippen LogP contribution in [-0.4, -0.2) is 12.5 Å². The normalized spacial score (nSPS) is 25.9. The van der Waals surface area contributed by atoms with Crippen molar-refractivity contribution in [3.63, 3.8) is 0 Å². The maximum atomic E-state index is 12.5. The Kier molecular flexibility index (Phi) is 4.42. The predicted molar refractivity (Wildman–Crippen MR) is 89.3 cm³/mol. The molecule has 3 nitrogen and oxygen atoms in total. The summed E-state index contributed by atoms with van der Waals surface area (Å²) in [5.41, 5.74) is 3.48. The van der Waals surface area contributed by atoms with Crippen molar-refractivity contribution >= 4 is 11.6 Å². The summed E-state index contributed by atoms with van der Waals surface area (Å²) in [6, 6.07) is 4.32. The Balaban J connectivity index is 1.88. The molecule has 1 aromatic carbocycles. The second-order valence-corrected chi connectivity index (χ2v) is 7.09. The number of benzene rings is 1. The molecule has 1 aromatic rings. The van der Waals surface area contributed by atoms with Gasteiger partial charge in [0.1, 0.15) is 5.75 Å². The van der Waals surface area contributed by atoms with Gasteiger partial charge in [-0.15, -0.1) is 0 Å². The Hall–Kier alpha value is -1.51. The molecule has 22 heavy (non-hydrogen) atoms. The molecule has 2 aliphatic rings. The van der Waals surface area contributed by atoms with Crippen molar-refractivity contribution in [2.24, 2.45) is 17.8 Å². The molecule has 0 radical (unpaired) electrons. The molecule has 0 saturated heterocycles. The van der Waals surface area contributed by atoms with E-state index in [-0.39, 0.29) is 11.8 Å². The molecule has 0 bridgehead atoms. The summed E-state index contributed by atoms with van der Waals surface area (Å²) in [5.74, 6) is 2.37. The smallest absolute Gasteiger partial charge is 0.227 e. The number of carbonyl (C=O) groups excluding carboxylic acids is 1. The number of anilines is 1. The van der Waals surface area contributed by atoms with Crippen LogP contribution < -0.4 is 10.1 Å². The van der Waals surface area contributed by atoms with Gasteiger partial charge in [0, 0.05) is 11.6 Å². The molecule has 0 saturated carbocycles. The molecule has 120 valence electrons. The molecule has 0 spiro atoms. The quantitative estimate of drug-likeness (QED) is 0.889. The summed E-state index contributed by atoms with van der Waals surface area (Å²) >= 11 is 0. The highest BCUT2D eigenvalue weighted by atomic mass is 16.5. The molecule has 3 rings (SSSR count). The minimum Gasteiger partial charge on any atom is -0.493 e. The Labute approximate surface area is 133 Å². The number of rotatable bonds is 2. The van der Waals surface area contributed by atoms with Gasteiger partial charge in [0.15, 0.2) is 0 Å². The molecule has 2 heterocycles. The van der Waals surface area contributed by atoms with E-state index < -0.39 is 0 Å². The lowest BCUT2D eigenvalue weighted by Crippen LogP contribution is -2.26. The van der Waals surface area contributed by atoms with Crippen LogP contribution in [0.2, 0.25) is 0 Å². The van der Waals surface area contributed by atoms with Crippen molar-refractivity contribution in [2.75, 3.05) is 11.9 Å². The Morgan fingerprint density at radius 1 is 1.27 bits per heavy atom. The van der Waals surface area contributed by atoms with E-state index in [0.717, 1.165) is 50.1 Å². The van der Waals surface area contributed by atoms with Crippen LogP contribution in [0.1, 0.15) is 51.2 Å². The van der Waals surface area contributed by atoms with Gasteiger partial charge >= 0.3 is 0 Å². The van der Waals surface area contributed by atoms with Gasteiger partial charge in [-0.2, -0.15) is 0 Å². The van der Waals surface area contributed by atoms with Crippen molar-refractivity contribution in [3.05, 3.63) is 23.3 Å². The van der Waals surface area contributed by atoms with Crippen molar-refractivity contribution < 1.29 is 9.53 Å². The number of aryl methyl sites for hydroxylation is 2. The Morgan fingerprint density at radius 2 is 2.05 bits per heavy atom. The van der Waals surface area contributed by atoms with Crippen LogP contribution in [0.15, 0.2) is 12.1 Å². The first kappa shape index (κ1) is 15.4. The fraction of sp³-hybridized carbons (Fsp3) is 0.632. The second-order valence-electron chi connectivity index (χ2n) is 7.09. The van der Waals surface area contributed by atoms with Gasteiger partial charge in [-0.25, -0.2) is 0 Å². The van der Waals surface area contributed by atoms with E-state index in [2.05, 4.69) is 38.2 Å². The van der Waals surface area contributed by atoms with Crippen molar-refractivity contribution in [1.82, 2.24) is 0 Å². The third-order valence-electron chi connectivity index (χ3n) is 5.37. The van der Waals surface area contributed by atoms with Gasteiger partial charge in [-0.3, -0.25) is 4.79 Å². The third kappa shape index (κ3) is 2.99. The Bertz CT molecular complexity index is 567. The van der Waals surface area contributed by atoms with Crippen LogP contribution in [-0.2, 0) is 17.6 Å². The van der Waals surface area contributed by atoms with Gasteiger partial charge in [0.2, 0.25) is 5.91 Å². The van der Waals surface area contributed by atoms with Gasteiger partial charge in [-0.05, 0) is 60.8 Å². The first-order chi connectivity index (χ1) is 10.6. The number of ether oxygens (including phenoxy) is 1. The second kappa shape index (κ2) is 6.31. The maximum absolute atomic E-state index is 12.5. The lowest BCUT2D eigenvalue weighted by Gasteiger charge is -2.19. The number of carbonyl (C=O) groups is 1. The van der Waals surface area contributed by atoms with Crippen LogP contribution in [0, 0.1) is 17.8 Å². The standard InChI is InChI=1S/C19H27NO2/c1-4-13(3)16-8-7-14-10-18-15(6-5-12(2)11-22-18)9-17(14)20-19(16)21/h9-10,12-13,16H,4-8,11H2,1-3H3,(H,20,21). The van der Waals surface area contributed by atoms with E-state index in [1.165, 1.54) is 11.1 Å². The van der Waals surface area contributed by atoms with Crippen LogP contribution >= 0.6 is 0 Å². The van der Waals surface area contributed by atoms with E-state index in [9.17, 15) is 4.79 Å². The number of amides is 1. The van der Waals surface area contributed by atoms with Crippen molar-refractivity contribution in [3.8, 4) is 5.75 Å². The molecule has 0 fully saturated rings. The number of nitrogens with one attached hydrogen (secondary N) is 1. The fourth-order valence-corrected chi connectivity index (χ4v) is 3.53.